The van der Waals surface area contributed by atoms with Crippen LogP contribution in [0.5, 0.6) is 5.75 Å². The van der Waals surface area contributed by atoms with Gasteiger partial charge in [0.2, 0.25) is 5.91 Å². The normalized spacial score (nSPS) is 17.8. The first-order chi connectivity index (χ1) is 24.5. The van der Waals surface area contributed by atoms with Gasteiger partial charge in [0.1, 0.15) is 5.75 Å². The molecule has 12 nitrogen and oxygen atoms in total. The van der Waals surface area contributed by atoms with Crippen molar-refractivity contribution in [1.82, 2.24) is 5.32 Å². The lowest BCUT2D eigenvalue weighted by atomic mass is 9.90. The van der Waals surface area contributed by atoms with Gasteiger partial charge in [-0.15, -0.1) is 0 Å². The second-order valence-corrected chi connectivity index (χ2v) is 17.8. The molecule has 0 aromatic heterocycles. The molecule has 51 heavy (non-hydrogen) atoms. The number of hydrogen-bond acceptors (Lipinski definition) is 10. The van der Waals surface area contributed by atoms with Crippen LogP contribution in [0.15, 0.2) is 36.4 Å². The lowest BCUT2D eigenvalue weighted by Gasteiger charge is -2.31. The minimum atomic E-state index is -4.00. The molecule has 1 saturated carbocycles. The van der Waals surface area contributed by atoms with Gasteiger partial charge in [0.25, 0.3) is 5.91 Å². The summed E-state index contributed by atoms with van der Waals surface area (Å²) in [5.41, 5.74) is 15.6. The van der Waals surface area contributed by atoms with Gasteiger partial charge in [0, 0.05) is 0 Å². The molecule has 284 valence electrons. The zero-order valence-corrected chi connectivity index (χ0v) is 32.4. The summed E-state index contributed by atoms with van der Waals surface area (Å²) in [6, 6.07) is 9.32. The third-order valence-corrected chi connectivity index (χ3v) is 15.5. The van der Waals surface area contributed by atoms with E-state index in [1.807, 2.05) is 6.07 Å². The van der Waals surface area contributed by atoms with Crippen LogP contribution in [0.2, 0.25) is 0 Å². The molecule has 5 N–H and O–H groups in total. The van der Waals surface area contributed by atoms with Gasteiger partial charge >= 0.3 is 15.2 Å². The monoisotopic (exact) mass is 749 g/mol. The van der Waals surface area contributed by atoms with E-state index >= 15 is 0 Å². The van der Waals surface area contributed by atoms with Crippen molar-refractivity contribution in [2.24, 2.45) is 17.4 Å². The fraction of sp³-hybridized carbons (Fsp3) is 0.622. The average molecular weight is 750 g/mol. The van der Waals surface area contributed by atoms with Gasteiger partial charge in [-0.2, -0.15) is 0 Å². The van der Waals surface area contributed by atoms with Crippen LogP contribution in [0.4, 0.5) is 0 Å². The van der Waals surface area contributed by atoms with E-state index in [0.717, 1.165) is 48.8 Å². The second kappa shape index (κ2) is 19.5. The Kier molecular flexibility index (Phi) is 15.8. The Labute approximate surface area is 303 Å². The van der Waals surface area contributed by atoms with Crippen LogP contribution in [-0.4, -0.2) is 50.9 Å². The fourth-order valence-electron chi connectivity index (χ4n) is 7.09. The summed E-state index contributed by atoms with van der Waals surface area (Å²) in [6.45, 7) is 7.55. The molecule has 0 bridgehead atoms. The Hall–Kier alpha value is -2.56. The fourth-order valence-corrected chi connectivity index (χ4v) is 12.5. The van der Waals surface area contributed by atoms with Crippen LogP contribution in [0.1, 0.15) is 123 Å². The first-order valence-corrected chi connectivity index (χ1v) is 21.7. The maximum Gasteiger partial charge on any atom is 0.350 e. The Morgan fingerprint density at radius 1 is 0.824 bits per heavy atom. The Bertz CT molecular complexity index is 1500. The van der Waals surface area contributed by atoms with E-state index in [2.05, 4.69) is 5.32 Å². The number of benzene rings is 2. The molecule has 4 rings (SSSR count). The summed E-state index contributed by atoms with van der Waals surface area (Å²) in [5, 5.41) is 1.82. The highest BCUT2D eigenvalue weighted by Crippen LogP contribution is 2.78. The number of nitrogens with two attached hydrogens (primary N) is 2. The van der Waals surface area contributed by atoms with Crippen molar-refractivity contribution in [3.63, 3.8) is 0 Å². The van der Waals surface area contributed by atoms with E-state index < -0.39 is 32.5 Å². The number of primary amides is 1. The largest absolute Gasteiger partial charge is 0.492 e. The van der Waals surface area contributed by atoms with E-state index in [0.29, 0.717) is 35.8 Å². The van der Waals surface area contributed by atoms with E-state index in [-0.39, 0.29) is 44.8 Å². The van der Waals surface area contributed by atoms with Crippen LogP contribution >= 0.6 is 15.2 Å². The van der Waals surface area contributed by atoms with Crippen LogP contribution in [0.25, 0.3) is 0 Å². The molecule has 0 aliphatic heterocycles. The number of hydrogen-bond donors (Lipinski definition) is 3. The number of carbonyl (C=O) groups is 2. The van der Waals surface area contributed by atoms with Gasteiger partial charge in [0.05, 0.1) is 50.7 Å². The lowest BCUT2D eigenvalue weighted by molar-refractivity contribution is -0.123. The molecule has 2 amide bonds. The average Bonchev–Trinajstić information content (AvgIpc) is 3.29. The van der Waals surface area contributed by atoms with Gasteiger partial charge < -0.3 is 39.6 Å². The van der Waals surface area contributed by atoms with Gasteiger partial charge in [0.15, 0.2) is 5.40 Å². The SMILES string of the molecule is CCOP(=O)(OCC)C(c1ccc(C[C@H](N)C(=O)N[C@@H]2CCCCc3cc(OCC4CCCCC4)c(C(N)=O)cc32)cc1)P(=O)(OCC)OCC. The van der Waals surface area contributed by atoms with Crippen molar-refractivity contribution in [3.05, 3.63) is 64.2 Å². The molecule has 1 fully saturated rings. The maximum atomic E-state index is 14.1. The topological polar surface area (TPSA) is 178 Å². The summed E-state index contributed by atoms with van der Waals surface area (Å²) in [4.78, 5) is 26.1. The predicted molar refractivity (Wildman–Crippen MR) is 198 cm³/mol. The summed E-state index contributed by atoms with van der Waals surface area (Å²) >= 11 is 0. The minimum absolute atomic E-state index is 0.0682. The van der Waals surface area contributed by atoms with E-state index in [9.17, 15) is 18.7 Å². The Morgan fingerprint density at radius 3 is 1.94 bits per heavy atom. The predicted octanol–water partition coefficient (Wildman–Crippen LogP) is 7.73. The molecular weight excluding hydrogens is 692 g/mol. The summed E-state index contributed by atoms with van der Waals surface area (Å²) in [6.07, 6.45) is 9.46. The Morgan fingerprint density at radius 2 is 1.39 bits per heavy atom. The van der Waals surface area contributed by atoms with Crippen LogP contribution in [-0.2, 0) is 44.9 Å². The van der Waals surface area contributed by atoms with Gasteiger partial charge in [-0.25, -0.2) is 0 Å². The second-order valence-electron chi connectivity index (χ2n) is 13.2. The zero-order chi connectivity index (χ0) is 37.0. The van der Waals surface area contributed by atoms with Crippen molar-refractivity contribution in [2.45, 2.75) is 109 Å². The highest BCUT2D eigenvalue weighted by atomic mass is 31.2. The molecule has 0 heterocycles. The van der Waals surface area contributed by atoms with Crippen LogP contribution in [0.3, 0.4) is 0 Å². The number of ether oxygens (including phenoxy) is 1. The molecule has 2 aromatic carbocycles. The maximum absolute atomic E-state index is 14.1. The van der Waals surface area contributed by atoms with Crippen molar-refractivity contribution in [2.75, 3.05) is 33.0 Å². The van der Waals surface area contributed by atoms with Crippen molar-refractivity contribution in [3.8, 4) is 5.75 Å². The number of amides is 2. The van der Waals surface area contributed by atoms with Crippen molar-refractivity contribution in [1.29, 1.82) is 0 Å². The van der Waals surface area contributed by atoms with Crippen LogP contribution in [0, 0.1) is 5.92 Å². The Balaban J connectivity index is 1.51. The minimum Gasteiger partial charge on any atom is -0.492 e. The van der Waals surface area contributed by atoms with Gasteiger partial charge in [-0.05, 0) is 107 Å². The zero-order valence-electron chi connectivity index (χ0n) is 30.6. The smallest absolute Gasteiger partial charge is 0.350 e. The third kappa shape index (κ3) is 10.8. The highest BCUT2D eigenvalue weighted by molar-refractivity contribution is 7.72. The van der Waals surface area contributed by atoms with E-state index in [4.69, 9.17) is 34.3 Å². The van der Waals surface area contributed by atoms with E-state index in [1.54, 1.807) is 58.0 Å². The van der Waals surface area contributed by atoms with Gasteiger partial charge in [-0.1, -0.05) is 49.9 Å². The quantitative estimate of drug-likeness (QED) is 0.0951. The standard InChI is InChI=1S/C37H57N3O9P2/c1-5-46-50(43,47-6-2)37(51(44,48-7-3)49-8-4)28-20-18-26(19-21-28)22-32(38)36(42)40-33-17-13-12-16-29-23-34(31(35(39)41)24-30(29)33)45-25-27-14-10-9-11-15-27/h18-21,23-24,27,32-33,37H,5-17,22,25,38H2,1-4H3,(H2,39,41)(H,40,42)/t32-,33+/m0/s1. The molecule has 0 saturated heterocycles. The third-order valence-electron chi connectivity index (χ3n) is 9.49. The van der Waals surface area contributed by atoms with Crippen molar-refractivity contribution < 1.29 is 41.6 Å². The first-order valence-electron chi connectivity index (χ1n) is 18.5. The number of fused-ring (bicyclic) bond motifs is 1. The van der Waals surface area contributed by atoms with Gasteiger partial charge in [-0.3, -0.25) is 18.7 Å². The molecule has 2 aromatic rings. The first kappa shape index (κ1) is 41.2. The van der Waals surface area contributed by atoms with Crippen molar-refractivity contribution >= 4 is 27.0 Å². The van der Waals surface area contributed by atoms with Crippen LogP contribution < -0.4 is 21.5 Å². The molecule has 14 heteroatoms. The number of nitrogens with one attached hydrogen (secondary N) is 1. The highest BCUT2D eigenvalue weighted by Gasteiger charge is 2.52. The molecule has 0 unspecified atom stereocenters. The lowest BCUT2D eigenvalue weighted by Crippen LogP contribution is -2.43. The molecule has 2 atom stereocenters. The van der Waals surface area contributed by atoms with E-state index in [1.165, 1.54) is 19.3 Å². The molecule has 2 aliphatic carbocycles. The number of rotatable bonds is 19. The summed E-state index contributed by atoms with van der Waals surface area (Å²) in [5.74, 6) is 0.0930. The molecule has 0 spiro atoms. The number of aryl methyl sites for hydroxylation is 1. The number of carbonyl (C=O) groups excluding carboxylic acids is 2. The molecule has 0 radical (unpaired) electrons. The molecule has 2 aliphatic rings. The summed E-state index contributed by atoms with van der Waals surface area (Å²) in [7, 11) is -8.01. The summed E-state index contributed by atoms with van der Waals surface area (Å²) < 4.78 is 56.8. The molecular formula is C37H57N3O9P2.